The summed E-state index contributed by atoms with van der Waals surface area (Å²) >= 11 is 0. The van der Waals surface area contributed by atoms with E-state index in [2.05, 4.69) is 14.7 Å². The van der Waals surface area contributed by atoms with Crippen LogP contribution in [0.2, 0.25) is 0 Å². The summed E-state index contributed by atoms with van der Waals surface area (Å²) in [6.45, 7) is 4.14. The van der Waals surface area contributed by atoms with Crippen molar-refractivity contribution in [2.45, 2.75) is 31.4 Å². The van der Waals surface area contributed by atoms with E-state index in [-0.39, 0.29) is 45.0 Å². The van der Waals surface area contributed by atoms with Gasteiger partial charge in [-0.2, -0.15) is 5.26 Å². The van der Waals surface area contributed by atoms with Crippen LogP contribution in [0.4, 0.5) is 10.1 Å². The first kappa shape index (κ1) is 23.6. The quantitative estimate of drug-likeness (QED) is 0.575. The van der Waals surface area contributed by atoms with Crippen molar-refractivity contribution in [3.05, 3.63) is 58.4 Å². The number of hydrogen-bond acceptors (Lipinski definition) is 7. The van der Waals surface area contributed by atoms with Gasteiger partial charge in [0.25, 0.3) is 5.56 Å². The Bertz CT molecular complexity index is 1430. The summed E-state index contributed by atoms with van der Waals surface area (Å²) in [6.07, 6.45) is 5.18. The third-order valence-electron chi connectivity index (χ3n) is 6.63. The minimum atomic E-state index is -0.671. The molecule has 182 valence electrons. The van der Waals surface area contributed by atoms with Gasteiger partial charge in [-0.25, -0.2) is 13.7 Å². The molecule has 3 atom stereocenters. The van der Waals surface area contributed by atoms with E-state index in [1.165, 1.54) is 12.1 Å². The van der Waals surface area contributed by atoms with Crippen LogP contribution in [0.5, 0.6) is 11.5 Å². The molecule has 0 aliphatic carbocycles. The smallest absolute Gasteiger partial charge is 0.261 e. The van der Waals surface area contributed by atoms with Crippen LogP contribution in [-0.4, -0.2) is 46.9 Å². The summed E-state index contributed by atoms with van der Waals surface area (Å²) < 4.78 is 32.8. The van der Waals surface area contributed by atoms with Crippen LogP contribution in [0.1, 0.15) is 31.4 Å². The van der Waals surface area contributed by atoms with Gasteiger partial charge in [-0.1, -0.05) is 17.6 Å². The molecule has 3 aromatic rings. The maximum absolute atomic E-state index is 14.7. The first-order chi connectivity index (χ1) is 16.9. The lowest BCUT2D eigenvalue weighted by molar-refractivity contribution is 0.0205. The van der Waals surface area contributed by atoms with Gasteiger partial charge in [-0.05, 0) is 49.6 Å². The van der Waals surface area contributed by atoms with Gasteiger partial charge in [0, 0.05) is 18.7 Å². The molecule has 2 aliphatic rings. The number of rotatable bonds is 5. The van der Waals surface area contributed by atoms with Crippen molar-refractivity contribution in [3.63, 3.8) is 0 Å². The Balaban J connectivity index is 1.50. The number of benzene rings is 2. The fraction of sp³-hybridized carbons (Fsp3) is 0.400. The summed E-state index contributed by atoms with van der Waals surface area (Å²) in [6, 6.07) is 9.45. The van der Waals surface area contributed by atoms with Gasteiger partial charge >= 0.3 is 0 Å². The zero-order valence-corrected chi connectivity index (χ0v) is 20.4. The first-order valence-electron chi connectivity index (χ1n) is 11.5. The molecule has 2 fully saturated rings. The zero-order valence-electron chi connectivity index (χ0n) is 19.6. The predicted octanol–water partition coefficient (Wildman–Crippen LogP) is 3.98. The van der Waals surface area contributed by atoms with Crippen LogP contribution in [0, 0.1) is 17.1 Å². The van der Waals surface area contributed by atoms with Gasteiger partial charge in [-0.3, -0.25) is 9.36 Å². The Morgan fingerprint density at radius 2 is 2.29 bits per heavy atom. The fourth-order valence-electron chi connectivity index (χ4n) is 4.64. The Hall–Kier alpha value is -3.13. The van der Waals surface area contributed by atoms with Crippen molar-refractivity contribution in [1.29, 1.82) is 5.26 Å². The van der Waals surface area contributed by atoms with Crippen LogP contribution in [-0.2, 0) is 15.4 Å². The molecular formula is C25H26FN5O3S. The maximum atomic E-state index is 14.7. The van der Waals surface area contributed by atoms with E-state index in [1.807, 2.05) is 19.2 Å². The van der Waals surface area contributed by atoms with E-state index in [0.29, 0.717) is 23.2 Å². The molecule has 0 radical (unpaired) electrons. The van der Waals surface area contributed by atoms with Gasteiger partial charge in [0.1, 0.15) is 17.4 Å². The zero-order chi connectivity index (χ0) is 24.6. The van der Waals surface area contributed by atoms with E-state index < -0.39 is 5.82 Å². The first-order valence-corrected chi connectivity index (χ1v) is 13.3. The number of nitrogens with zero attached hydrogens (tertiary/aromatic N) is 4. The molecule has 35 heavy (non-hydrogen) atoms. The summed E-state index contributed by atoms with van der Waals surface area (Å²) in [7, 11) is -0.301. The Morgan fingerprint density at radius 3 is 3.03 bits per heavy atom. The van der Waals surface area contributed by atoms with E-state index in [1.54, 1.807) is 29.1 Å². The third-order valence-corrected chi connectivity index (χ3v) is 7.98. The monoisotopic (exact) mass is 495 g/mol. The normalized spacial score (nSPS) is 22.6. The summed E-state index contributed by atoms with van der Waals surface area (Å²) in [5.41, 5.74) is 0.497. The molecule has 0 amide bonds. The summed E-state index contributed by atoms with van der Waals surface area (Å²) in [4.78, 5) is 17.8. The molecule has 1 spiro atoms. The predicted molar refractivity (Wildman–Crippen MR) is 133 cm³/mol. The summed E-state index contributed by atoms with van der Waals surface area (Å²) in [5, 5.41) is 13.4. The van der Waals surface area contributed by atoms with Crippen molar-refractivity contribution in [3.8, 4) is 17.6 Å². The molecule has 5 rings (SSSR count). The minimum absolute atomic E-state index is 0.0278. The average Bonchev–Trinajstić information content (AvgIpc) is 3.51. The van der Waals surface area contributed by atoms with Crippen molar-refractivity contribution < 1.29 is 13.9 Å². The topological polar surface area (TPSA) is 102 Å². The second-order valence-electron chi connectivity index (χ2n) is 8.88. The average molecular weight is 496 g/mol. The number of halogens is 1. The number of ether oxygens (including phenoxy) is 2. The summed E-state index contributed by atoms with van der Waals surface area (Å²) in [5.74, 6) is 0.179. The lowest BCUT2D eigenvalue weighted by atomic mass is 9.97. The molecule has 2 aliphatic heterocycles. The lowest BCUT2D eigenvalue weighted by Crippen LogP contribution is -2.31. The molecule has 1 aromatic heterocycles. The molecule has 1 N–H and O–H groups in total. The number of nitrogens with one attached hydrogen (secondary N) is 1. The Labute approximate surface area is 204 Å². The maximum Gasteiger partial charge on any atom is 0.261 e. The van der Waals surface area contributed by atoms with E-state index in [0.717, 1.165) is 31.7 Å². The minimum Gasteiger partial charge on any atom is -0.453 e. The second-order valence-corrected chi connectivity index (χ2v) is 10.8. The highest BCUT2D eigenvalue weighted by molar-refractivity contribution is 7.86. The van der Waals surface area contributed by atoms with Crippen molar-refractivity contribution in [2.75, 3.05) is 31.7 Å². The van der Waals surface area contributed by atoms with Crippen LogP contribution in [0.15, 0.2) is 45.8 Å². The van der Waals surface area contributed by atoms with E-state index in [9.17, 15) is 14.4 Å². The Kier molecular flexibility index (Phi) is 6.40. The van der Waals surface area contributed by atoms with Gasteiger partial charge < -0.3 is 14.8 Å². The standard InChI is InChI=1S/C25H26FN5O3S/c1-3-35(2)30-22-7-5-20(26)23(19(22)12-27)34-17-4-6-21-18(10-17)24(32)31(15-29-21)16-11-25(33-13-16)8-9-28-14-25/h4-7,10,15-16,28H,3,8-9,11,13-14H2,1-2H3/t16-,25-,35?/m1/s1. The molecule has 1 unspecified atom stereocenters. The molecular weight excluding hydrogens is 469 g/mol. The van der Waals surface area contributed by atoms with Gasteiger partial charge in [0.15, 0.2) is 11.6 Å². The number of fused-ring (bicyclic) bond motifs is 1. The van der Waals surface area contributed by atoms with Gasteiger partial charge in [0.2, 0.25) is 0 Å². The SMILES string of the molecule is CCS(C)=Nc1ccc(F)c(Oc2ccc3ncn([C@H]4CO[C@]5(CCNC5)C4)c(=O)c3c2)c1C#N. The van der Waals surface area contributed by atoms with Crippen LogP contribution in [0.25, 0.3) is 10.9 Å². The van der Waals surface area contributed by atoms with Crippen molar-refractivity contribution >= 4 is 27.3 Å². The lowest BCUT2D eigenvalue weighted by Gasteiger charge is -2.20. The molecule has 0 saturated carbocycles. The van der Waals surface area contributed by atoms with Crippen LogP contribution < -0.4 is 15.6 Å². The Morgan fingerprint density at radius 1 is 1.43 bits per heavy atom. The molecule has 2 saturated heterocycles. The van der Waals surface area contributed by atoms with Crippen molar-refractivity contribution in [2.24, 2.45) is 4.36 Å². The fourth-order valence-corrected chi connectivity index (χ4v) is 5.25. The number of aromatic nitrogens is 2. The highest BCUT2D eigenvalue weighted by Crippen LogP contribution is 2.37. The third kappa shape index (κ3) is 4.47. The highest BCUT2D eigenvalue weighted by atomic mass is 32.2. The van der Waals surface area contributed by atoms with E-state index in [4.69, 9.17) is 9.47 Å². The second kappa shape index (κ2) is 9.49. The highest BCUT2D eigenvalue weighted by Gasteiger charge is 2.43. The molecule has 2 aromatic carbocycles. The van der Waals surface area contributed by atoms with Crippen LogP contribution >= 0.6 is 0 Å². The van der Waals surface area contributed by atoms with Crippen LogP contribution in [0.3, 0.4) is 0 Å². The van der Waals surface area contributed by atoms with E-state index >= 15 is 0 Å². The molecule has 3 heterocycles. The molecule has 0 bridgehead atoms. The number of nitriles is 1. The van der Waals surface area contributed by atoms with Gasteiger partial charge in [-0.15, -0.1) is 0 Å². The molecule has 8 nitrogen and oxygen atoms in total. The molecule has 10 heteroatoms. The van der Waals surface area contributed by atoms with Gasteiger partial charge in [0.05, 0.1) is 41.2 Å². The largest absolute Gasteiger partial charge is 0.453 e. The number of hydrogen-bond donors (Lipinski definition) is 1. The van der Waals surface area contributed by atoms with Crippen molar-refractivity contribution in [1.82, 2.24) is 14.9 Å².